The minimum Gasteiger partial charge on any atom is -0.335 e. The fraction of sp³-hybridized carbons (Fsp3) is 0.571. The molecule has 7 nitrogen and oxygen atoms in total. The zero-order valence-corrected chi connectivity index (χ0v) is 14.7. The first-order chi connectivity index (χ1) is 10.8. The van der Waals surface area contributed by atoms with E-state index in [-0.39, 0.29) is 38.0 Å². The quantitative estimate of drug-likeness (QED) is 0.762. The Morgan fingerprint density at radius 2 is 2.00 bits per heavy atom. The van der Waals surface area contributed by atoms with Crippen LogP contribution in [0.25, 0.3) is 0 Å². The molecule has 2 saturated heterocycles. The molecule has 2 amide bonds. The largest absolute Gasteiger partial charge is 0.335 e. The fourth-order valence-electron chi connectivity index (χ4n) is 2.93. The predicted octanol–water partition coefficient (Wildman–Crippen LogP) is -0.0160. The number of sulfonamides is 1. The second-order valence-corrected chi connectivity index (χ2v) is 9.07. The maximum atomic E-state index is 12.8. The molecule has 0 aromatic carbocycles. The van der Waals surface area contributed by atoms with Gasteiger partial charge in [-0.05, 0) is 18.6 Å². The van der Waals surface area contributed by atoms with Crippen molar-refractivity contribution in [1.29, 1.82) is 0 Å². The maximum Gasteiger partial charge on any atom is 0.252 e. The molecule has 1 unspecified atom stereocenters. The summed E-state index contributed by atoms with van der Waals surface area (Å²) in [6.07, 6.45) is 0.786. The van der Waals surface area contributed by atoms with Crippen molar-refractivity contribution >= 4 is 33.2 Å². The zero-order chi connectivity index (χ0) is 16.8. The van der Waals surface area contributed by atoms with Gasteiger partial charge >= 0.3 is 0 Å². The molecular weight excluding hydrogens is 338 g/mol. The number of aryl methyl sites for hydroxylation is 1. The Hall–Kier alpha value is -1.45. The van der Waals surface area contributed by atoms with Gasteiger partial charge in [0.1, 0.15) is 10.3 Å². The van der Waals surface area contributed by atoms with E-state index in [0.29, 0.717) is 4.21 Å². The Kier molecular flexibility index (Phi) is 4.19. The van der Waals surface area contributed by atoms with Crippen molar-refractivity contribution in [3.05, 3.63) is 17.0 Å². The summed E-state index contributed by atoms with van der Waals surface area (Å²) in [6.45, 7) is 2.54. The molecule has 2 aliphatic heterocycles. The number of thiophene rings is 1. The number of amides is 2. The van der Waals surface area contributed by atoms with Gasteiger partial charge in [-0.3, -0.25) is 9.59 Å². The Balaban J connectivity index is 1.85. The minimum atomic E-state index is -3.62. The third kappa shape index (κ3) is 2.77. The van der Waals surface area contributed by atoms with Gasteiger partial charge in [-0.25, -0.2) is 8.42 Å². The number of carbonyl (C=O) groups excluding carboxylic acids is 2. The minimum absolute atomic E-state index is 0.0244. The normalized spacial score (nSPS) is 23.3. The Morgan fingerprint density at radius 3 is 2.65 bits per heavy atom. The van der Waals surface area contributed by atoms with Crippen LogP contribution in [0.3, 0.4) is 0 Å². The molecule has 2 fully saturated rings. The topological polar surface area (TPSA) is 78.0 Å². The van der Waals surface area contributed by atoms with Crippen LogP contribution in [0.1, 0.15) is 11.8 Å². The van der Waals surface area contributed by atoms with Gasteiger partial charge in [-0.1, -0.05) is 6.92 Å². The Morgan fingerprint density at radius 1 is 1.26 bits per heavy atom. The summed E-state index contributed by atoms with van der Waals surface area (Å²) >= 11 is 1.26. The summed E-state index contributed by atoms with van der Waals surface area (Å²) in [5, 5.41) is 0. The van der Waals surface area contributed by atoms with Gasteiger partial charge in [0, 0.05) is 31.6 Å². The highest BCUT2D eigenvalue weighted by atomic mass is 32.2. The van der Waals surface area contributed by atoms with Crippen molar-refractivity contribution in [1.82, 2.24) is 14.1 Å². The van der Waals surface area contributed by atoms with E-state index in [9.17, 15) is 18.0 Å². The molecule has 0 saturated carbocycles. The number of piperazine rings is 2. The summed E-state index contributed by atoms with van der Waals surface area (Å²) in [5.41, 5.74) is 0. The lowest BCUT2D eigenvalue weighted by atomic mass is 10.1. The summed E-state index contributed by atoms with van der Waals surface area (Å²) < 4.78 is 27.2. The number of fused-ring (bicyclic) bond motifs is 1. The van der Waals surface area contributed by atoms with Crippen molar-refractivity contribution in [3.63, 3.8) is 0 Å². The highest BCUT2D eigenvalue weighted by Crippen LogP contribution is 2.28. The Labute approximate surface area is 139 Å². The average molecular weight is 357 g/mol. The second kappa shape index (κ2) is 5.88. The first kappa shape index (κ1) is 16.4. The lowest BCUT2D eigenvalue weighted by Gasteiger charge is -2.44. The third-order valence-electron chi connectivity index (χ3n) is 4.28. The van der Waals surface area contributed by atoms with Crippen LogP contribution in [0.2, 0.25) is 0 Å². The van der Waals surface area contributed by atoms with Crippen molar-refractivity contribution in [2.75, 3.05) is 33.2 Å². The van der Waals surface area contributed by atoms with Gasteiger partial charge in [0.25, 0.3) is 10.0 Å². The van der Waals surface area contributed by atoms with Crippen molar-refractivity contribution in [3.8, 4) is 0 Å². The molecule has 1 aromatic heterocycles. The van der Waals surface area contributed by atoms with Crippen LogP contribution in [0, 0.1) is 0 Å². The van der Waals surface area contributed by atoms with E-state index >= 15 is 0 Å². The molecule has 0 N–H and O–H groups in total. The SMILES string of the molecule is CCc1ccc(S(=O)(=O)N2CCN3C(=O)CN(C)C(=O)C3C2)s1. The standard InChI is InChI=1S/C14H19N3O4S2/c1-3-10-4-5-13(22-10)23(20,21)16-6-7-17-11(8-16)14(19)15(2)9-12(17)18/h4-5,11H,3,6-9H2,1-2H3. The predicted molar refractivity (Wildman–Crippen MR) is 85.6 cm³/mol. The third-order valence-corrected chi connectivity index (χ3v) is 7.84. The number of nitrogens with zero attached hydrogens (tertiary/aromatic N) is 3. The molecule has 1 atom stereocenters. The van der Waals surface area contributed by atoms with Gasteiger partial charge in [-0.2, -0.15) is 4.31 Å². The number of carbonyl (C=O) groups is 2. The van der Waals surface area contributed by atoms with Crippen LogP contribution >= 0.6 is 11.3 Å². The van der Waals surface area contributed by atoms with Crippen LogP contribution in [-0.2, 0) is 26.0 Å². The van der Waals surface area contributed by atoms with Crippen molar-refractivity contribution < 1.29 is 18.0 Å². The molecule has 0 spiro atoms. The lowest BCUT2D eigenvalue weighted by Crippen LogP contribution is -2.66. The van der Waals surface area contributed by atoms with Crippen molar-refractivity contribution in [2.45, 2.75) is 23.6 Å². The summed E-state index contributed by atoms with van der Waals surface area (Å²) in [4.78, 5) is 28.2. The fourth-order valence-corrected chi connectivity index (χ4v) is 5.81. The monoisotopic (exact) mass is 357 g/mol. The van der Waals surface area contributed by atoms with Crippen LogP contribution in [0.15, 0.2) is 16.3 Å². The van der Waals surface area contributed by atoms with Gasteiger partial charge in [-0.15, -0.1) is 11.3 Å². The average Bonchev–Trinajstić information content (AvgIpc) is 3.02. The van der Waals surface area contributed by atoms with E-state index in [2.05, 4.69) is 0 Å². The van der Waals surface area contributed by atoms with Gasteiger partial charge < -0.3 is 9.80 Å². The summed E-state index contributed by atoms with van der Waals surface area (Å²) in [7, 11) is -2.05. The molecule has 9 heteroatoms. The van der Waals surface area contributed by atoms with Crippen LogP contribution < -0.4 is 0 Å². The molecule has 126 valence electrons. The van der Waals surface area contributed by atoms with E-state index in [1.54, 1.807) is 13.1 Å². The van der Waals surface area contributed by atoms with Gasteiger partial charge in [0.15, 0.2) is 0 Å². The molecule has 3 heterocycles. The van der Waals surface area contributed by atoms with Crippen LogP contribution in [0.5, 0.6) is 0 Å². The molecule has 2 aliphatic rings. The zero-order valence-electron chi connectivity index (χ0n) is 13.1. The summed E-state index contributed by atoms with van der Waals surface area (Å²) in [5.74, 6) is -0.330. The van der Waals surface area contributed by atoms with E-state index in [0.717, 1.165) is 11.3 Å². The highest BCUT2D eigenvalue weighted by molar-refractivity contribution is 7.91. The number of hydrogen-bond acceptors (Lipinski definition) is 5. The Bertz CT molecular complexity index is 743. The molecule has 0 bridgehead atoms. The van der Waals surface area contributed by atoms with Crippen molar-refractivity contribution in [2.24, 2.45) is 0 Å². The van der Waals surface area contributed by atoms with E-state index in [1.165, 1.54) is 25.4 Å². The van der Waals surface area contributed by atoms with Gasteiger partial charge in [0.2, 0.25) is 11.8 Å². The molecular formula is C14H19N3O4S2. The number of likely N-dealkylation sites (N-methyl/N-ethyl adjacent to an activating group) is 1. The highest BCUT2D eigenvalue weighted by Gasteiger charge is 2.44. The first-order valence-electron chi connectivity index (χ1n) is 7.48. The molecule has 23 heavy (non-hydrogen) atoms. The second-order valence-electron chi connectivity index (χ2n) is 5.73. The molecule has 0 aliphatic carbocycles. The van der Waals surface area contributed by atoms with Crippen LogP contribution in [0.4, 0.5) is 0 Å². The smallest absolute Gasteiger partial charge is 0.252 e. The number of hydrogen-bond donors (Lipinski definition) is 0. The van der Waals surface area contributed by atoms with E-state index in [1.807, 2.05) is 13.0 Å². The molecule has 1 aromatic rings. The first-order valence-corrected chi connectivity index (χ1v) is 9.73. The summed E-state index contributed by atoms with van der Waals surface area (Å²) in [6, 6.07) is 2.72. The number of rotatable bonds is 3. The molecule has 0 radical (unpaired) electrons. The van der Waals surface area contributed by atoms with Gasteiger partial charge in [0.05, 0.1) is 6.54 Å². The maximum absolute atomic E-state index is 12.8. The lowest BCUT2D eigenvalue weighted by molar-refractivity contribution is -0.156. The van der Waals surface area contributed by atoms with E-state index in [4.69, 9.17) is 0 Å². The van der Waals surface area contributed by atoms with Crippen LogP contribution in [-0.4, -0.2) is 73.6 Å². The van der Waals surface area contributed by atoms with E-state index < -0.39 is 16.1 Å². The molecule has 3 rings (SSSR count).